The van der Waals surface area contributed by atoms with E-state index in [1.807, 2.05) is 49.1 Å². The molecule has 1 amide bonds. The third kappa shape index (κ3) is 8.05. The molecule has 0 spiro atoms. The van der Waals surface area contributed by atoms with E-state index in [0.29, 0.717) is 18.7 Å². The number of nitrogens with zero attached hydrogens (tertiary/aromatic N) is 2. The van der Waals surface area contributed by atoms with Crippen LogP contribution in [0.3, 0.4) is 0 Å². The van der Waals surface area contributed by atoms with E-state index < -0.39 is 18.0 Å². The number of carbonyl (C=O) groups is 1. The first-order chi connectivity index (χ1) is 15.2. The first kappa shape index (κ1) is 25.5. The van der Waals surface area contributed by atoms with Gasteiger partial charge in [-0.3, -0.25) is 9.69 Å². The molecule has 0 saturated carbocycles. The Hall–Kier alpha value is -2.78. The summed E-state index contributed by atoms with van der Waals surface area (Å²) in [5, 5.41) is 1.76. The summed E-state index contributed by atoms with van der Waals surface area (Å²) >= 11 is 0. The summed E-state index contributed by atoms with van der Waals surface area (Å²) in [6, 6.07) is 11.3. The van der Waals surface area contributed by atoms with Gasteiger partial charge in [0.25, 0.3) is 0 Å². The highest BCUT2D eigenvalue weighted by molar-refractivity contribution is 5.81. The molecule has 0 radical (unpaired) electrons. The van der Waals surface area contributed by atoms with Crippen LogP contribution in [0.1, 0.15) is 23.6 Å². The Labute approximate surface area is 185 Å². The quantitative estimate of drug-likeness (QED) is 0.316. The maximum atomic E-state index is 14.1. The number of aromatic nitrogens is 1. The van der Waals surface area contributed by atoms with Crippen LogP contribution in [0.15, 0.2) is 48.7 Å². The van der Waals surface area contributed by atoms with Gasteiger partial charge in [-0.25, -0.2) is 4.98 Å². The van der Waals surface area contributed by atoms with Gasteiger partial charge in [0.05, 0.1) is 13.2 Å². The molecule has 2 rings (SSSR count). The minimum atomic E-state index is -4.91. The van der Waals surface area contributed by atoms with Gasteiger partial charge in [-0.2, -0.15) is 17.6 Å². The Morgan fingerprint density at radius 1 is 1.19 bits per heavy atom. The highest BCUT2D eigenvalue weighted by atomic mass is 19.4. The molecule has 1 aromatic carbocycles. The summed E-state index contributed by atoms with van der Waals surface area (Å²) in [6.45, 7) is 5.05. The molecule has 0 fully saturated rings. The van der Waals surface area contributed by atoms with Crippen LogP contribution in [-0.4, -0.2) is 54.8 Å². The van der Waals surface area contributed by atoms with E-state index in [0.717, 1.165) is 16.7 Å². The molecule has 0 bridgehead atoms. The fourth-order valence-corrected chi connectivity index (χ4v) is 3.13. The fourth-order valence-electron chi connectivity index (χ4n) is 3.13. The number of allylic oxidation sites excluding steroid dienone is 1. The highest BCUT2D eigenvalue weighted by Crippen LogP contribution is 2.21. The summed E-state index contributed by atoms with van der Waals surface area (Å²) in [7, 11) is 0. The van der Waals surface area contributed by atoms with Crippen molar-refractivity contribution in [2.24, 2.45) is 0 Å². The van der Waals surface area contributed by atoms with Crippen LogP contribution in [0.25, 0.3) is 5.57 Å². The van der Waals surface area contributed by atoms with Crippen LogP contribution < -0.4 is 5.32 Å². The number of carbonyl (C=O) groups excluding carboxylic acids is 1. The second kappa shape index (κ2) is 12.3. The van der Waals surface area contributed by atoms with Crippen LogP contribution in [0.5, 0.6) is 0 Å². The van der Waals surface area contributed by atoms with E-state index in [1.165, 1.54) is 6.20 Å². The van der Waals surface area contributed by atoms with Crippen LogP contribution in [0.4, 0.5) is 17.6 Å². The third-order valence-electron chi connectivity index (χ3n) is 4.80. The number of hydrogen-bond donors (Lipinski definition) is 1. The van der Waals surface area contributed by atoms with Crippen molar-refractivity contribution in [2.75, 3.05) is 32.8 Å². The van der Waals surface area contributed by atoms with Gasteiger partial charge in [0, 0.05) is 37.9 Å². The van der Waals surface area contributed by atoms with Gasteiger partial charge in [-0.1, -0.05) is 36.4 Å². The van der Waals surface area contributed by atoms with Crippen LogP contribution >= 0.6 is 0 Å². The summed E-state index contributed by atoms with van der Waals surface area (Å²) in [5.74, 6) is -2.54. The maximum Gasteiger partial charge on any atom is 0.471 e. The fraction of sp³-hybridized carbons (Fsp3) is 0.391. The lowest BCUT2D eigenvalue weighted by Crippen LogP contribution is -2.38. The van der Waals surface area contributed by atoms with Crippen molar-refractivity contribution in [2.45, 2.75) is 26.6 Å². The monoisotopic (exact) mass is 453 g/mol. The van der Waals surface area contributed by atoms with Crippen molar-refractivity contribution in [3.8, 4) is 0 Å². The molecule has 9 heteroatoms. The van der Waals surface area contributed by atoms with Crippen molar-refractivity contribution in [1.29, 1.82) is 0 Å². The molecule has 1 N–H and O–H groups in total. The second-order valence-electron chi connectivity index (χ2n) is 7.16. The molecule has 32 heavy (non-hydrogen) atoms. The number of hydrogen-bond acceptors (Lipinski definition) is 4. The maximum absolute atomic E-state index is 14.1. The molecule has 0 saturated heterocycles. The van der Waals surface area contributed by atoms with Crippen LogP contribution in [0.2, 0.25) is 0 Å². The summed E-state index contributed by atoms with van der Waals surface area (Å²) in [6.07, 6.45) is -1.53. The van der Waals surface area contributed by atoms with E-state index in [9.17, 15) is 22.4 Å². The zero-order valence-electron chi connectivity index (χ0n) is 18.1. The van der Waals surface area contributed by atoms with Crippen LogP contribution in [0, 0.1) is 12.9 Å². The highest BCUT2D eigenvalue weighted by Gasteiger charge is 2.38. The van der Waals surface area contributed by atoms with Crippen molar-refractivity contribution < 1.29 is 27.1 Å². The summed E-state index contributed by atoms with van der Waals surface area (Å²) in [5.41, 5.74) is 3.70. The van der Waals surface area contributed by atoms with E-state index >= 15 is 0 Å². The number of amides is 1. The molecule has 174 valence electrons. The van der Waals surface area contributed by atoms with E-state index in [2.05, 4.69) is 4.98 Å². The second-order valence-corrected chi connectivity index (χ2v) is 7.16. The molecular weight excluding hydrogens is 426 g/mol. The Bertz CT molecular complexity index is 916. The average molecular weight is 453 g/mol. The van der Waals surface area contributed by atoms with Gasteiger partial charge >= 0.3 is 12.1 Å². The van der Waals surface area contributed by atoms with Gasteiger partial charge in [0.15, 0.2) is 0 Å². The average Bonchev–Trinajstić information content (AvgIpc) is 2.75. The van der Waals surface area contributed by atoms with Gasteiger partial charge in [-0.15, -0.1) is 0 Å². The Morgan fingerprint density at radius 3 is 2.59 bits per heavy atom. The normalized spacial score (nSPS) is 12.3. The van der Waals surface area contributed by atoms with Gasteiger partial charge in [-0.05, 0) is 36.6 Å². The number of rotatable bonds is 11. The zero-order valence-corrected chi connectivity index (χ0v) is 18.1. The molecule has 1 heterocycles. The standard InChI is InChI=1S/C23H27F4N3O2/c1-3-18(20-9-5-4-7-17(20)2)15-30(16-19-8-6-10-28-21(19)24)12-14-32-13-11-29-22(31)23(25,26)27/h3-10H,11-16H2,1-2H3,(H,29,31)/b18-3-. The number of benzene rings is 1. The molecule has 5 nitrogen and oxygen atoms in total. The summed E-state index contributed by atoms with van der Waals surface area (Å²) < 4.78 is 56.1. The lowest BCUT2D eigenvalue weighted by molar-refractivity contribution is -0.173. The van der Waals surface area contributed by atoms with Crippen molar-refractivity contribution in [3.05, 3.63) is 71.3 Å². The predicted octanol–water partition coefficient (Wildman–Crippen LogP) is 4.13. The Kier molecular flexibility index (Phi) is 9.80. The van der Waals surface area contributed by atoms with E-state index in [-0.39, 0.29) is 26.3 Å². The molecule has 0 aliphatic carbocycles. The third-order valence-corrected chi connectivity index (χ3v) is 4.80. The number of nitrogens with one attached hydrogen (secondary N) is 1. The first-order valence-corrected chi connectivity index (χ1v) is 10.2. The smallest absolute Gasteiger partial charge is 0.378 e. The molecule has 0 unspecified atom stereocenters. The molecule has 1 aromatic heterocycles. The minimum Gasteiger partial charge on any atom is -0.378 e. The van der Waals surface area contributed by atoms with Crippen molar-refractivity contribution in [1.82, 2.24) is 15.2 Å². The largest absolute Gasteiger partial charge is 0.471 e. The lowest BCUT2D eigenvalue weighted by atomic mass is 10.00. The van der Waals surface area contributed by atoms with E-state index in [4.69, 9.17) is 4.74 Å². The molecule has 0 atom stereocenters. The molecule has 2 aromatic rings. The number of pyridine rings is 1. The SMILES string of the molecule is C/C=C(/CN(CCOCCNC(=O)C(F)(F)F)Cc1cccnc1F)c1ccccc1C. The first-order valence-electron chi connectivity index (χ1n) is 10.2. The van der Waals surface area contributed by atoms with Crippen molar-refractivity contribution in [3.63, 3.8) is 0 Å². The Morgan fingerprint density at radius 2 is 1.94 bits per heavy atom. The lowest BCUT2D eigenvalue weighted by Gasteiger charge is -2.25. The number of alkyl halides is 3. The molecule has 0 aliphatic heterocycles. The number of ether oxygens (including phenoxy) is 1. The molecular formula is C23H27F4N3O2. The zero-order chi connectivity index (χ0) is 23.6. The minimum absolute atomic E-state index is 0.0643. The van der Waals surface area contributed by atoms with Crippen molar-refractivity contribution >= 4 is 11.5 Å². The van der Waals surface area contributed by atoms with Gasteiger partial charge in [0.1, 0.15) is 0 Å². The van der Waals surface area contributed by atoms with E-state index in [1.54, 1.807) is 17.4 Å². The summed E-state index contributed by atoms with van der Waals surface area (Å²) in [4.78, 5) is 16.5. The number of aryl methyl sites for hydroxylation is 1. The van der Waals surface area contributed by atoms with Crippen LogP contribution in [-0.2, 0) is 16.1 Å². The predicted molar refractivity (Wildman–Crippen MR) is 114 cm³/mol. The number of halogens is 4. The van der Waals surface area contributed by atoms with Gasteiger partial charge in [0.2, 0.25) is 5.95 Å². The Balaban J connectivity index is 1.98. The molecule has 0 aliphatic rings. The topological polar surface area (TPSA) is 54.5 Å². The van der Waals surface area contributed by atoms with Gasteiger partial charge < -0.3 is 10.1 Å².